The number of nitrogens with zero attached hydrogens (tertiary/aromatic N) is 1. The summed E-state index contributed by atoms with van der Waals surface area (Å²) in [5, 5.41) is 10.8. The molecule has 0 bridgehead atoms. The highest BCUT2D eigenvalue weighted by Gasteiger charge is 2.40. The van der Waals surface area contributed by atoms with Crippen molar-refractivity contribution in [2.75, 3.05) is 39.4 Å². The van der Waals surface area contributed by atoms with Gasteiger partial charge in [0.2, 0.25) is 0 Å². The lowest BCUT2D eigenvalue weighted by Gasteiger charge is -2.49. The molecule has 1 aliphatic heterocycles. The fourth-order valence-electron chi connectivity index (χ4n) is 3.57. The fraction of sp³-hybridized carbons (Fsp3) is 0.600. The summed E-state index contributed by atoms with van der Waals surface area (Å²) in [6.45, 7) is 21.7. The first-order valence-electron chi connectivity index (χ1n) is 9.08. The molecule has 0 aromatic heterocycles. The van der Waals surface area contributed by atoms with E-state index in [4.69, 9.17) is 0 Å². The van der Waals surface area contributed by atoms with Gasteiger partial charge in [-0.2, -0.15) is 0 Å². The minimum Gasteiger partial charge on any atom is -0.315 e. The summed E-state index contributed by atoms with van der Waals surface area (Å²) in [7, 11) is 0. The number of nitrogens with one attached hydrogen (secondary N) is 3. The van der Waals surface area contributed by atoms with E-state index in [2.05, 4.69) is 47.2 Å². The third-order valence-corrected chi connectivity index (χ3v) is 4.73. The van der Waals surface area contributed by atoms with Gasteiger partial charge in [0.25, 0.3) is 0 Å². The molecule has 0 saturated carbocycles. The van der Waals surface area contributed by atoms with E-state index in [0.717, 1.165) is 65.1 Å². The maximum Gasteiger partial charge on any atom is 0.0490 e. The van der Waals surface area contributed by atoms with Crippen LogP contribution in [0.1, 0.15) is 25.7 Å². The van der Waals surface area contributed by atoms with Crippen LogP contribution in [0.3, 0.4) is 0 Å². The molecule has 0 radical (unpaired) electrons. The van der Waals surface area contributed by atoms with Gasteiger partial charge < -0.3 is 16.0 Å². The summed E-state index contributed by atoms with van der Waals surface area (Å²) in [5.41, 5.74) is -0.0779. The van der Waals surface area contributed by atoms with Gasteiger partial charge in [0, 0.05) is 37.9 Å². The van der Waals surface area contributed by atoms with E-state index in [1.807, 2.05) is 24.3 Å². The highest BCUT2D eigenvalue weighted by atomic mass is 15.3. The van der Waals surface area contributed by atoms with Crippen LogP contribution >= 0.6 is 0 Å². The molecule has 3 N–H and O–H groups in total. The van der Waals surface area contributed by atoms with E-state index in [-0.39, 0.29) is 5.54 Å². The zero-order valence-electron chi connectivity index (χ0n) is 15.2. The first-order chi connectivity index (χ1) is 11.7. The third-order valence-electron chi connectivity index (χ3n) is 4.73. The van der Waals surface area contributed by atoms with Crippen molar-refractivity contribution in [1.82, 2.24) is 20.9 Å². The van der Waals surface area contributed by atoms with E-state index in [1.54, 1.807) is 0 Å². The van der Waals surface area contributed by atoms with Crippen molar-refractivity contribution in [2.45, 2.75) is 37.3 Å². The van der Waals surface area contributed by atoms with Gasteiger partial charge in [-0.25, -0.2) is 0 Å². The van der Waals surface area contributed by atoms with E-state index in [9.17, 15) is 0 Å². The van der Waals surface area contributed by atoms with Crippen molar-refractivity contribution in [2.24, 2.45) is 0 Å². The largest absolute Gasteiger partial charge is 0.315 e. The maximum absolute atomic E-state index is 4.03. The van der Waals surface area contributed by atoms with Crippen LogP contribution in [0.2, 0.25) is 0 Å². The molecule has 1 unspecified atom stereocenters. The fourth-order valence-corrected chi connectivity index (χ4v) is 3.57. The molecular weight excluding hydrogens is 296 g/mol. The van der Waals surface area contributed by atoms with E-state index >= 15 is 0 Å². The highest BCUT2D eigenvalue weighted by Crippen LogP contribution is 2.31. The Balaban J connectivity index is 3.18. The average Bonchev–Trinajstić information content (AvgIpc) is 2.57. The van der Waals surface area contributed by atoms with Crippen LogP contribution in [0.15, 0.2) is 50.6 Å². The van der Waals surface area contributed by atoms with Crippen molar-refractivity contribution < 1.29 is 0 Å². The molecule has 0 amide bonds. The van der Waals surface area contributed by atoms with Gasteiger partial charge in [-0.15, -0.1) is 26.3 Å². The zero-order chi connectivity index (χ0) is 17.7. The summed E-state index contributed by atoms with van der Waals surface area (Å²) in [6.07, 6.45) is 11.9. The predicted octanol–water partition coefficient (Wildman–Crippen LogP) is 2.44. The highest BCUT2D eigenvalue weighted by molar-refractivity contribution is 5.09. The molecule has 0 aliphatic carbocycles. The van der Waals surface area contributed by atoms with Crippen LogP contribution in [0, 0.1) is 0 Å². The summed E-state index contributed by atoms with van der Waals surface area (Å²) < 4.78 is 0. The van der Waals surface area contributed by atoms with Crippen molar-refractivity contribution in [3.8, 4) is 0 Å². The molecule has 1 heterocycles. The standard InChI is InChI=1S/C20H36N4/c1-5-10-19-20(11-6-2,12-7-3)24(17-8-4)18-22-16-15-21-13-9-14-23-19/h5-8,19,21-23H,1-4,9-18H2. The zero-order valence-corrected chi connectivity index (χ0v) is 15.2. The van der Waals surface area contributed by atoms with Gasteiger partial charge >= 0.3 is 0 Å². The molecule has 136 valence electrons. The summed E-state index contributed by atoms with van der Waals surface area (Å²) in [6, 6.07) is 0.298. The van der Waals surface area contributed by atoms with Gasteiger partial charge in [-0.1, -0.05) is 24.3 Å². The molecule has 1 fully saturated rings. The Hall–Kier alpha value is -1.20. The SMILES string of the molecule is C=CCC1NCCCNCCNCN(CC=C)C1(CC=C)CC=C. The van der Waals surface area contributed by atoms with Crippen LogP contribution in [0.25, 0.3) is 0 Å². The molecular formula is C20H36N4. The molecule has 0 aromatic carbocycles. The second kappa shape index (κ2) is 12.2. The first kappa shape index (κ1) is 20.8. The molecule has 1 saturated heterocycles. The van der Waals surface area contributed by atoms with Crippen LogP contribution < -0.4 is 16.0 Å². The van der Waals surface area contributed by atoms with Gasteiger partial charge in [0.05, 0.1) is 0 Å². The molecule has 1 rings (SSSR count). The molecule has 4 heteroatoms. The van der Waals surface area contributed by atoms with Crippen LogP contribution in [0.5, 0.6) is 0 Å². The van der Waals surface area contributed by atoms with Crippen molar-refractivity contribution in [3.63, 3.8) is 0 Å². The number of rotatable bonds is 8. The lowest BCUT2D eigenvalue weighted by molar-refractivity contribution is 0.0555. The first-order valence-corrected chi connectivity index (χ1v) is 9.08. The third kappa shape index (κ3) is 6.02. The Kier molecular flexibility index (Phi) is 10.6. The Morgan fingerprint density at radius 3 is 2.21 bits per heavy atom. The minimum absolute atomic E-state index is 0.0779. The van der Waals surface area contributed by atoms with E-state index < -0.39 is 0 Å². The smallest absolute Gasteiger partial charge is 0.0490 e. The predicted molar refractivity (Wildman–Crippen MR) is 106 cm³/mol. The number of hydrogen-bond donors (Lipinski definition) is 3. The molecule has 4 nitrogen and oxygen atoms in total. The van der Waals surface area contributed by atoms with Crippen molar-refractivity contribution in [3.05, 3.63) is 50.6 Å². The Morgan fingerprint density at radius 1 is 0.875 bits per heavy atom. The van der Waals surface area contributed by atoms with Crippen LogP contribution in [-0.4, -0.2) is 55.9 Å². The van der Waals surface area contributed by atoms with Crippen molar-refractivity contribution >= 4 is 0 Å². The number of hydrogen-bond acceptors (Lipinski definition) is 4. The maximum atomic E-state index is 4.03. The van der Waals surface area contributed by atoms with Crippen molar-refractivity contribution in [1.29, 1.82) is 0 Å². The molecule has 1 aliphatic rings. The van der Waals surface area contributed by atoms with Crippen LogP contribution in [-0.2, 0) is 0 Å². The molecule has 24 heavy (non-hydrogen) atoms. The van der Waals surface area contributed by atoms with Gasteiger partial charge in [0.1, 0.15) is 0 Å². The Morgan fingerprint density at radius 2 is 1.58 bits per heavy atom. The van der Waals surface area contributed by atoms with Gasteiger partial charge in [0.15, 0.2) is 0 Å². The summed E-state index contributed by atoms with van der Waals surface area (Å²) >= 11 is 0. The summed E-state index contributed by atoms with van der Waals surface area (Å²) in [4.78, 5) is 2.48. The Labute approximate surface area is 148 Å². The lowest BCUT2D eigenvalue weighted by Crippen LogP contribution is -2.63. The topological polar surface area (TPSA) is 39.3 Å². The monoisotopic (exact) mass is 332 g/mol. The van der Waals surface area contributed by atoms with Gasteiger partial charge in [-0.05, 0) is 38.8 Å². The normalized spacial score (nSPS) is 23.4. The van der Waals surface area contributed by atoms with E-state index in [0.29, 0.717) is 6.04 Å². The molecule has 0 spiro atoms. The molecule has 1 atom stereocenters. The van der Waals surface area contributed by atoms with E-state index in [1.165, 1.54) is 0 Å². The average molecular weight is 333 g/mol. The second-order valence-corrected chi connectivity index (χ2v) is 6.39. The Bertz CT molecular complexity index is 355. The lowest BCUT2D eigenvalue weighted by atomic mass is 9.79. The quantitative estimate of drug-likeness (QED) is 0.597. The van der Waals surface area contributed by atoms with Gasteiger partial charge in [-0.3, -0.25) is 4.90 Å². The summed E-state index contributed by atoms with van der Waals surface area (Å²) in [5.74, 6) is 0. The minimum atomic E-state index is -0.0779. The molecule has 0 aromatic rings. The van der Waals surface area contributed by atoms with Crippen LogP contribution in [0.4, 0.5) is 0 Å². The second-order valence-electron chi connectivity index (χ2n) is 6.39.